The highest BCUT2D eigenvalue weighted by molar-refractivity contribution is 7.99. The van der Waals surface area contributed by atoms with Crippen molar-refractivity contribution in [2.45, 2.75) is 21.2 Å². The summed E-state index contributed by atoms with van der Waals surface area (Å²) in [6, 6.07) is 21.3. The van der Waals surface area contributed by atoms with Crippen molar-refractivity contribution in [1.29, 1.82) is 0 Å². The molecule has 0 aromatic heterocycles. The van der Waals surface area contributed by atoms with Gasteiger partial charge in [0.15, 0.2) is 0 Å². The molecule has 3 aromatic rings. The van der Waals surface area contributed by atoms with Crippen molar-refractivity contribution in [1.82, 2.24) is 0 Å². The van der Waals surface area contributed by atoms with Gasteiger partial charge in [-0.2, -0.15) is 0 Å². The van der Waals surface area contributed by atoms with Crippen LogP contribution < -0.4 is 10.5 Å². The van der Waals surface area contributed by atoms with Gasteiger partial charge >= 0.3 is 0 Å². The molecule has 7 nitrogen and oxygen atoms in total. The Kier molecular flexibility index (Phi) is 5.98. The predicted octanol–water partition coefficient (Wildman–Crippen LogP) is 4.01. The first kappa shape index (κ1) is 19.9. The Balaban J connectivity index is 1.71. The van der Waals surface area contributed by atoms with E-state index < -0.39 is 14.9 Å². The first-order valence-corrected chi connectivity index (χ1v) is 10.6. The Bertz CT molecular complexity index is 1090. The fraction of sp³-hybridized carbons (Fsp3) is 0.0526. The van der Waals surface area contributed by atoms with Gasteiger partial charge in [-0.1, -0.05) is 42.1 Å². The number of hydrogen-bond donors (Lipinski definition) is 2. The van der Waals surface area contributed by atoms with E-state index in [9.17, 15) is 18.5 Å². The summed E-state index contributed by atoms with van der Waals surface area (Å²) >= 11 is 1.64. The fourth-order valence-corrected chi connectivity index (χ4v) is 3.87. The van der Waals surface area contributed by atoms with Crippen molar-refractivity contribution in [3.05, 3.63) is 88.5 Å². The number of nitrogens with one attached hydrogen (secondary N) is 1. The lowest BCUT2D eigenvalue weighted by Gasteiger charge is -2.09. The summed E-state index contributed by atoms with van der Waals surface area (Å²) < 4.78 is 23.1. The van der Waals surface area contributed by atoms with Gasteiger partial charge in [0.2, 0.25) is 10.0 Å². The normalized spacial score (nSPS) is 11.2. The molecule has 0 bridgehead atoms. The maximum Gasteiger partial charge on any atom is 0.272 e. The van der Waals surface area contributed by atoms with Crippen LogP contribution in [0.5, 0.6) is 0 Å². The van der Waals surface area contributed by atoms with E-state index in [2.05, 4.69) is 5.32 Å². The lowest BCUT2D eigenvalue weighted by Crippen LogP contribution is -2.13. The molecule has 9 heteroatoms. The first-order chi connectivity index (χ1) is 13.3. The van der Waals surface area contributed by atoms with Gasteiger partial charge in [0.25, 0.3) is 5.69 Å². The van der Waals surface area contributed by atoms with Gasteiger partial charge < -0.3 is 5.32 Å². The summed E-state index contributed by atoms with van der Waals surface area (Å²) in [5, 5.41) is 19.1. The van der Waals surface area contributed by atoms with E-state index in [-0.39, 0.29) is 10.6 Å². The van der Waals surface area contributed by atoms with Crippen molar-refractivity contribution in [3.63, 3.8) is 0 Å². The number of anilines is 1. The molecule has 0 aliphatic carbocycles. The molecule has 0 radical (unpaired) electrons. The minimum Gasteiger partial charge on any atom is -0.381 e. The minimum absolute atomic E-state index is 0.306. The van der Waals surface area contributed by atoms with Crippen LogP contribution in [0.15, 0.2) is 87.5 Å². The second-order valence-corrected chi connectivity index (χ2v) is 8.64. The number of nitro groups is 1. The minimum atomic E-state index is -4.05. The molecule has 0 aliphatic heterocycles. The Labute approximate surface area is 166 Å². The monoisotopic (exact) mass is 415 g/mol. The second kappa shape index (κ2) is 8.42. The molecule has 0 heterocycles. The van der Waals surface area contributed by atoms with Gasteiger partial charge in [-0.3, -0.25) is 10.1 Å². The number of nitro benzene ring substituents is 1. The van der Waals surface area contributed by atoms with Gasteiger partial charge in [0.05, 0.1) is 9.82 Å². The molecule has 0 unspecified atom stereocenters. The summed E-state index contributed by atoms with van der Waals surface area (Å²) in [4.78, 5) is 12.3. The fourth-order valence-electron chi connectivity index (χ4n) is 2.46. The smallest absolute Gasteiger partial charge is 0.272 e. The van der Waals surface area contributed by atoms with Crippen molar-refractivity contribution in [2.24, 2.45) is 5.14 Å². The number of sulfonamides is 1. The average Bonchev–Trinajstić information content (AvgIpc) is 2.67. The number of benzene rings is 3. The SMILES string of the molecule is NS(=O)(=O)c1cc(NCc2ccc(Sc3ccccc3)cc2)cc([N+](=O)[O-])c1. The van der Waals surface area contributed by atoms with E-state index >= 15 is 0 Å². The molecule has 0 saturated carbocycles. The molecule has 28 heavy (non-hydrogen) atoms. The third-order valence-electron chi connectivity index (χ3n) is 3.83. The first-order valence-electron chi connectivity index (χ1n) is 8.19. The van der Waals surface area contributed by atoms with Crippen LogP contribution in [-0.2, 0) is 16.6 Å². The van der Waals surface area contributed by atoms with Crippen LogP contribution in [0.4, 0.5) is 11.4 Å². The zero-order valence-corrected chi connectivity index (χ0v) is 16.2. The van der Waals surface area contributed by atoms with Crippen molar-refractivity contribution in [3.8, 4) is 0 Å². The standard InChI is InChI=1S/C19H17N3O4S2/c20-28(25,26)19-11-15(10-16(12-19)22(23)24)21-13-14-6-8-18(9-7-14)27-17-4-2-1-3-5-17/h1-12,21H,13H2,(H2,20,25,26). The topological polar surface area (TPSA) is 115 Å². The van der Waals surface area contributed by atoms with Crippen LogP contribution in [0.3, 0.4) is 0 Å². The third-order valence-corrected chi connectivity index (χ3v) is 5.74. The Morgan fingerprint density at radius 2 is 1.61 bits per heavy atom. The number of nitrogens with zero attached hydrogens (tertiary/aromatic N) is 1. The Morgan fingerprint density at radius 1 is 0.964 bits per heavy atom. The third kappa shape index (κ3) is 5.32. The van der Waals surface area contributed by atoms with Crippen LogP contribution in [-0.4, -0.2) is 13.3 Å². The van der Waals surface area contributed by atoms with Crippen LogP contribution in [0.2, 0.25) is 0 Å². The van der Waals surface area contributed by atoms with Gasteiger partial charge in [-0.05, 0) is 35.9 Å². The molecule has 0 amide bonds. The van der Waals surface area contributed by atoms with E-state index in [1.165, 1.54) is 12.1 Å². The maximum atomic E-state index is 11.5. The van der Waals surface area contributed by atoms with Crippen molar-refractivity contribution < 1.29 is 13.3 Å². The summed E-state index contributed by atoms with van der Waals surface area (Å²) in [5.41, 5.74) is 0.908. The number of non-ortho nitro benzene ring substituents is 1. The Morgan fingerprint density at radius 3 is 2.21 bits per heavy atom. The van der Waals surface area contributed by atoms with Gasteiger partial charge in [-0.15, -0.1) is 0 Å². The molecule has 0 atom stereocenters. The molecule has 144 valence electrons. The molecule has 0 saturated heterocycles. The molecule has 0 spiro atoms. The van der Waals surface area contributed by atoms with E-state index in [0.717, 1.165) is 21.4 Å². The summed E-state index contributed by atoms with van der Waals surface area (Å²) in [5.74, 6) is 0. The highest BCUT2D eigenvalue weighted by Gasteiger charge is 2.16. The largest absolute Gasteiger partial charge is 0.381 e. The maximum absolute atomic E-state index is 11.5. The van der Waals surface area contributed by atoms with Crippen LogP contribution in [0.1, 0.15) is 5.56 Å². The molecular weight excluding hydrogens is 398 g/mol. The number of primary sulfonamides is 1. The van der Waals surface area contributed by atoms with Crippen LogP contribution >= 0.6 is 11.8 Å². The molecule has 0 fully saturated rings. The molecular formula is C19H17N3O4S2. The zero-order valence-electron chi connectivity index (χ0n) is 14.6. The summed E-state index contributed by atoms with van der Waals surface area (Å²) in [6.45, 7) is 0.376. The molecule has 0 aliphatic rings. The zero-order chi connectivity index (χ0) is 20.1. The van der Waals surface area contributed by atoms with Crippen LogP contribution in [0.25, 0.3) is 0 Å². The number of nitrogens with two attached hydrogens (primary N) is 1. The lowest BCUT2D eigenvalue weighted by molar-refractivity contribution is -0.385. The average molecular weight is 415 g/mol. The van der Waals surface area contributed by atoms with Crippen molar-refractivity contribution in [2.75, 3.05) is 5.32 Å². The number of rotatable bonds is 7. The summed E-state index contributed by atoms with van der Waals surface area (Å²) in [7, 11) is -4.05. The number of hydrogen-bond acceptors (Lipinski definition) is 6. The highest BCUT2D eigenvalue weighted by Crippen LogP contribution is 2.28. The molecule has 3 N–H and O–H groups in total. The van der Waals surface area contributed by atoms with Gasteiger partial charge in [-0.25, -0.2) is 13.6 Å². The van der Waals surface area contributed by atoms with E-state index in [4.69, 9.17) is 5.14 Å². The highest BCUT2D eigenvalue weighted by atomic mass is 32.2. The predicted molar refractivity (Wildman–Crippen MR) is 109 cm³/mol. The quantitative estimate of drug-likeness (QED) is 0.445. The summed E-state index contributed by atoms with van der Waals surface area (Å²) in [6.07, 6.45) is 0. The molecule has 3 rings (SSSR count). The lowest BCUT2D eigenvalue weighted by atomic mass is 10.2. The van der Waals surface area contributed by atoms with Gasteiger partial charge in [0.1, 0.15) is 0 Å². The van der Waals surface area contributed by atoms with Crippen molar-refractivity contribution >= 4 is 33.2 Å². The van der Waals surface area contributed by atoms with Crippen LogP contribution in [0, 0.1) is 10.1 Å². The molecule has 3 aromatic carbocycles. The van der Waals surface area contributed by atoms with E-state index in [1.54, 1.807) is 11.8 Å². The van der Waals surface area contributed by atoms with E-state index in [0.29, 0.717) is 12.2 Å². The van der Waals surface area contributed by atoms with E-state index in [1.807, 2.05) is 54.6 Å². The van der Waals surface area contributed by atoms with Gasteiger partial charge in [0, 0.05) is 34.2 Å². The second-order valence-electron chi connectivity index (χ2n) is 5.93. The Hall–Kier alpha value is -2.88.